The van der Waals surface area contributed by atoms with E-state index in [0.29, 0.717) is 12.4 Å². The summed E-state index contributed by atoms with van der Waals surface area (Å²) in [6, 6.07) is 19.6. The first-order valence-corrected chi connectivity index (χ1v) is 8.50. The summed E-state index contributed by atoms with van der Waals surface area (Å²) in [4.78, 5) is 13.6. The van der Waals surface area contributed by atoms with Crippen molar-refractivity contribution in [1.29, 1.82) is 0 Å². The summed E-state index contributed by atoms with van der Waals surface area (Å²) < 4.78 is 5.50. The maximum absolute atomic E-state index is 5.50. The standard InChI is InChI=1S/C21H18N4O/c1-2-26-17-11-9-16(10-12-17)23-21-18-7-3-4-8-19(18)24-20(25-21)15-6-5-13-22-14-15/h3-14H,2H2,1H3,(H,23,24,25). The number of para-hydroxylation sites is 1. The van der Waals surface area contributed by atoms with Crippen LogP contribution in [0.5, 0.6) is 5.75 Å². The van der Waals surface area contributed by atoms with Crippen molar-refractivity contribution in [2.75, 3.05) is 11.9 Å². The van der Waals surface area contributed by atoms with Crippen LogP contribution in [0.1, 0.15) is 6.92 Å². The zero-order chi connectivity index (χ0) is 17.8. The van der Waals surface area contributed by atoms with Crippen molar-refractivity contribution >= 4 is 22.4 Å². The SMILES string of the molecule is CCOc1ccc(Nc2nc(-c3cccnc3)nc3ccccc23)cc1. The number of benzene rings is 2. The molecule has 0 aliphatic carbocycles. The van der Waals surface area contributed by atoms with E-state index in [9.17, 15) is 0 Å². The molecule has 26 heavy (non-hydrogen) atoms. The lowest BCUT2D eigenvalue weighted by Crippen LogP contribution is -1.99. The molecule has 0 saturated carbocycles. The second-order valence-electron chi connectivity index (χ2n) is 5.74. The second-order valence-corrected chi connectivity index (χ2v) is 5.74. The summed E-state index contributed by atoms with van der Waals surface area (Å²) in [5.41, 5.74) is 2.71. The molecule has 0 atom stereocenters. The van der Waals surface area contributed by atoms with Crippen molar-refractivity contribution in [3.63, 3.8) is 0 Å². The van der Waals surface area contributed by atoms with Gasteiger partial charge in [0, 0.05) is 29.0 Å². The number of fused-ring (bicyclic) bond motifs is 1. The number of nitrogens with zero attached hydrogens (tertiary/aromatic N) is 3. The van der Waals surface area contributed by atoms with E-state index >= 15 is 0 Å². The molecular formula is C21H18N4O. The average Bonchev–Trinajstić information content (AvgIpc) is 2.70. The molecule has 2 heterocycles. The highest BCUT2D eigenvalue weighted by Crippen LogP contribution is 2.27. The molecule has 1 N–H and O–H groups in total. The van der Waals surface area contributed by atoms with Crippen molar-refractivity contribution in [1.82, 2.24) is 15.0 Å². The van der Waals surface area contributed by atoms with Gasteiger partial charge >= 0.3 is 0 Å². The molecule has 4 aromatic rings. The van der Waals surface area contributed by atoms with Gasteiger partial charge in [0.15, 0.2) is 5.82 Å². The normalized spacial score (nSPS) is 10.7. The molecule has 0 aliphatic heterocycles. The summed E-state index contributed by atoms with van der Waals surface area (Å²) in [6.07, 6.45) is 3.51. The molecule has 0 spiro atoms. The van der Waals surface area contributed by atoms with Gasteiger partial charge < -0.3 is 10.1 Å². The Bertz CT molecular complexity index is 1020. The lowest BCUT2D eigenvalue weighted by atomic mass is 10.2. The van der Waals surface area contributed by atoms with Crippen molar-refractivity contribution in [3.8, 4) is 17.1 Å². The van der Waals surface area contributed by atoms with Crippen LogP contribution in [-0.4, -0.2) is 21.6 Å². The van der Waals surface area contributed by atoms with E-state index in [2.05, 4.69) is 15.3 Å². The molecule has 4 rings (SSSR count). The van der Waals surface area contributed by atoms with Gasteiger partial charge in [-0.15, -0.1) is 0 Å². The average molecular weight is 342 g/mol. The molecule has 2 aromatic carbocycles. The summed E-state index contributed by atoms with van der Waals surface area (Å²) >= 11 is 0. The summed E-state index contributed by atoms with van der Waals surface area (Å²) in [5.74, 6) is 2.26. The third-order valence-electron chi connectivity index (χ3n) is 3.95. The maximum atomic E-state index is 5.50. The minimum absolute atomic E-state index is 0.644. The van der Waals surface area contributed by atoms with Gasteiger partial charge in [-0.1, -0.05) is 12.1 Å². The van der Waals surface area contributed by atoms with Gasteiger partial charge in [0.25, 0.3) is 0 Å². The minimum Gasteiger partial charge on any atom is -0.494 e. The molecule has 0 radical (unpaired) electrons. The molecule has 5 heteroatoms. The Kier molecular flexibility index (Phi) is 4.43. The van der Waals surface area contributed by atoms with Crippen LogP contribution in [-0.2, 0) is 0 Å². The third-order valence-corrected chi connectivity index (χ3v) is 3.95. The number of hydrogen-bond acceptors (Lipinski definition) is 5. The van der Waals surface area contributed by atoms with Crippen molar-refractivity contribution < 1.29 is 4.74 Å². The fourth-order valence-corrected chi connectivity index (χ4v) is 2.73. The first-order chi connectivity index (χ1) is 12.8. The van der Waals surface area contributed by atoms with Crippen molar-refractivity contribution in [3.05, 3.63) is 73.1 Å². The highest BCUT2D eigenvalue weighted by molar-refractivity contribution is 5.92. The topological polar surface area (TPSA) is 59.9 Å². The summed E-state index contributed by atoms with van der Waals surface area (Å²) in [7, 11) is 0. The van der Waals surface area contributed by atoms with Crippen LogP contribution in [0.3, 0.4) is 0 Å². The Balaban J connectivity index is 1.75. The van der Waals surface area contributed by atoms with Gasteiger partial charge in [-0.25, -0.2) is 9.97 Å². The first kappa shape index (κ1) is 16.0. The quantitative estimate of drug-likeness (QED) is 0.563. The number of rotatable bonds is 5. The van der Waals surface area contributed by atoms with Gasteiger partial charge in [-0.05, 0) is 55.5 Å². The van der Waals surface area contributed by atoms with Gasteiger partial charge in [0.2, 0.25) is 0 Å². The minimum atomic E-state index is 0.644. The van der Waals surface area contributed by atoms with Crippen LogP contribution < -0.4 is 10.1 Å². The summed E-state index contributed by atoms with van der Waals surface area (Å²) in [5, 5.41) is 4.37. The first-order valence-electron chi connectivity index (χ1n) is 8.50. The molecule has 0 aliphatic rings. The number of nitrogens with one attached hydrogen (secondary N) is 1. The molecule has 0 unspecified atom stereocenters. The van der Waals surface area contributed by atoms with Gasteiger partial charge in [0.1, 0.15) is 11.6 Å². The fourth-order valence-electron chi connectivity index (χ4n) is 2.73. The molecule has 0 fully saturated rings. The Labute approximate surface area is 151 Å². The van der Waals surface area contributed by atoms with Gasteiger partial charge in [0.05, 0.1) is 12.1 Å². The van der Waals surface area contributed by atoms with Crippen LogP contribution in [0, 0.1) is 0 Å². The van der Waals surface area contributed by atoms with E-state index < -0.39 is 0 Å². The largest absolute Gasteiger partial charge is 0.494 e. The van der Waals surface area contributed by atoms with Gasteiger partial charge in [-0.3, -0.25) is 4.98 Å². The number of hydrogen-bond donors (Lipinski definition) is 1. The van der Waals surface area contributed by atoms with E-state index in [0.717, 1.165) is 33.7 Å². The molecule has 128 valence electrons. The van der Waals surface area contributed by atoms with E-state index in [1.807, 2.05) is 67.6 Å². The number of aromatic nitrogens is 3. The van der Waals surface area contributed by atoms with E-state index in [1.165, 1.54) is 0 Å². The Hall–Kier alpha value is -3.47. The fraction of sp³-hybridized carbons (Fsp3) is 0.0952. The van der Waals surface area contributed by atoms with Gasteiger partial charge in [-0.2, -0.15) is 0 Å². The smallest absolute Gasteiger partial charge is 0.163 e. The lowest BCUT2D eigenvalue weighted by Gasteiger charge is -2.11. The van der Waals surface area contributed by atoms with Crippen molar-refractivity contribution in [2.24, 2.45) is 0 Å². The molecule has 0 bridgehead atoms. The van der Waals surface area contributed by atoms with E-state index in [-0.39, 0.29) is 0 Å². The zero-order valence-corrected chi connectivity index (χ0v) is 14.4. The molecule has 5 nitrogen and oxygen atoms in total. The number of anilines is 2. The van der Waals surface area contributed by atoms with Crippen LogP contribution in [0.2, 0.25) is 0 Å². The van der Waals surface area contributed by atoms with Crippen LogP contribution in [0.25, 0.3) is 22.3 Å². The van der Waals surface area contributed by atoms with Crippen LogP contribution >= 0.6 is 0 Å². The monoisotopic (exact) mass is 342 g/mol. The Morgan fingerprint density at radius 2 is 1.77 bits per heavy atom. The van der Waals surface area contributed by atoms with Crippen LogP contribution in [0.4, 0.5) is 11.5 Å². The van der Waals surface area contributed by atoms with Crippen molar-refractivity contribution in [2.45, 2.75) is 6.92 Å². The predicted octanol–water partition coefficient (Wildman–Crippen LogP) is 4.83. The predicted molar refractivity (Wildman–Crippen MR) is 104 cm³/mol. The number of ether oxygens (including phenoxy) is 1. The summed E-state index contributed by atoms with van der Waals surface area (Å²) in [6.45, 7) is 2.62. The molecule has 0 saturated heterocycles. The van der Waals surface area contributed by atoms with Crippen LogP contribution in [0.15, 0.2) is 73.1 Å². The highest BCUT2D eigenvalue weighted by atomic mass is 16.5. The Morgan fingerprint density at radius 1 is 0.923 bits per heavy atom. The number of pyridine rings is 1. The molecule has 0 amide bonds. The third kappa shape index (κ3) is 3.32. The van der Waals surface area contributed by atoms with E-state index in [1.54, 1.807) is 12.4 Å². The zero-order valence-electron chi connectivity index (χ0n) is 14.4. The maximum Gasteiger partial charge on any atom is 0.163 e. The second kappa shape index (κ2) is 7.19. The molecular weight excluding hydrogens is 324 g/mol. The Morgan fingerprint density at radius 3 is 2.54 bits per heavy atom. The molecule has 2 aromatic heterocycles. The van der Waals surface area contributed by atoms with E-state index in [4.69, 9.17) is 9.72 Å². The lowest BCUT2D eigenvalue weighted by molar-refractivity contribution is 0.340. The highest BCUT2D eigenvalue weighted by Gasteiger charge is 2.09.